The summed E-state index contributed by atoms with van der Waals surface area (Å²) in [5.74, 6) is 1.94. The molecule has 1 fully saturated rings. The SMILES string of the molecule is CCNC(c1ccc2c(c1)CC(C)O2)C1CC1. The van der Waals surface area contributed by atoms with Gasteiger partial charge in [0, 0.05) is 12.5 Å². The van der Waals surface area contributed by atoms with Crippen LogP contribution in [0.4, 0.5) is 0 Å². The molecule has 1 aliphatic carbocycles. The van der Waals surface area contributed by atoms with Gasteiger partial charge in [0.2, 0.25) is 0 Å². The lowest BCUT2D eigenvalue weighted by Crippen LogP contribution is -2.22. The van der Waals surface area contributed by atoms with Crippen LogP contribution in [0.3, 0.4) is 0 Å². The van der Waals surface area contributed by atoms with Gasteiger partial charge in [-0.3, -0.25) is 0 Å². The molecule has 2 unspecified atom stereocenters. The molecule has 0 radical (unpaired) electrons. The van der Waals surface area contributed by atoms with E-state index >= 15 is 0 Å². The third kappa shape index (κ3) is 2.19. The van der Waals surface area contributed by atoms with E-state index in [0.717, 1.165) is 24.6 Å². The van der Waals surface area contributed by atoms with Gasteiger partial charge in [-0.25, -0.2) is 0 Å². The summed E-state index contributed by atoms with van der Waals surface area (Å²) in [4.78, 5) is 0. The topological polar surface area (TPSA) is 21.3 Å². The highest BCUT2D eigenvalue weighted by molar-refractivity contribution is 5.41. The molecule has 1 aromatic rings. The predicted octanol–water partition coefficient (Wildman–Crippen LogP) is 3.07. The number of ether oxygens (including phenoxy) is 1. The molecule has 3 rings (SSSR count). The van der Waals surface area contributed by atoms with Crippen LogP contribution in [0.2, 0.25) is 0 Å². The molecule has 0 saturated heterocycles. The maximum atomic E-state index is 5.76. The highest BCUT2D eigenvalue weighted by Gasteiger charge is 2.32. The largest absolute Gasteiger partial charge is 0.490 e. The van der Waals surface area contributed by atoms with Crippen molar-refractivity contribution in [3.63, 3.8) is 0 Å². The molecule has 1 aromatic carbocycles. The first-order valence-corrected chi connectivity index (χ1v) is 6.80. The lowest BCUT2D eigenvalue weighted by Gasteiger charge is -2.18. The highest BCUT2D eigenvalue weighted by atomic mass is 16.5. The van der Waals surface area contributed by atoms with Crippen LogP contribution in [0.25, 0.3) is 0 Å². The molecule has 2 aliphatic rings. The van der Waals surface area contributed by atoms with Crippen LogP contribution in [0, 0.1) is 5.92 Å². The Morgan fingerprint density at radius 1 is 1.41 bits per heavy atom. The van der Waals surface area contributed by atoms with Crippen molar-refractivity contribution in [2.24, 2.45) is 5.92 Å². The van der Waals surface area contributed by atoms with E-state index in [0.29, 0.717) is 12.1 Å². The number of nitrogens with one attached hydrogen (secondary N) is 1. The van der Waals surface area contributed by atoms with Crippen LogP contribution in [0.1, 0.15) is 43.9 Å². The van der Waals surface area contributed by atoms with E-state index in [2.05, 4.69) is 37.4 Å². The molecule has 1 N–H and O–H groups in total. The van der Waals surface area contributed by atoms with Gasteiger partial charge < -0.3 is 10.1 Å². The zero-order chi connectivity index (χ0) is 11.8. The van der Waals surface area contributed by atoms with Gasteiger partial charge >= 0.3 is 0 Å². The van der Waals surface area contributed by atoms with Crippen molar-refractivity contribution in [1.29, 1.82) is 0 Å². The maximum Gasteiger partial charge on any atom is 0.123 e. The molecular weight excluding hydrogens is 210 g/mol. The molecular formula is C15H21NO. The first kappa shape index (κ1) is 11.1. The smallest absolute Gasteiger partial charge is 0.123 e. The summed E-state index contributed by atoms with van der Waals surface area (Å²) in [5.41, 5.74) is 2.84. The minimum Gasteiger partial charge on any atom is -0.490 e. The Bertz CT molecular complexity index is 411. The van der Waals surface area contributed by atoms with Gasteiger partial charge in [-0.1, -0.05) is 19.1 Å². The van der Waals surface area contributed by atoms with E-state index in [1.807, 2.05) is 0 Å². The second kappa shape index (κ2) is 4.34. The molecule has 2 atom stereocenters. The minimum atomic E-state index is 0.346. The Morgan fingerprint density at radius 2 is 2.24 bits per heavy atom. The summed E-state index contributed by atoms with van der Waals surface area (Å²) < 4.78 is 5.76. The zero-order valence-electron chi connectivity index (χ0n) is 10.7. The first-order valence-electron chi connectivity index (χ1n) is 6.80. The van der Waals surface area contributed by atoms with E-state index in [1.165, 1.54) is 24.0 Å². The van der Waals surface area contributed by atoms with Gasteiger partial charge in [0.05, 0.1) is 0 Å². The molecule has 92 valence electrons. The number of fused-ring (bicyclic) bond motifs is 1. The monoisotopic (exact) mass is 231 g/mol. The summed E-state index contributed by atoms with van der Waals surface area (Å²) in [6.07, 6.45) is 4.16. The van der Waals surface area contributed by atoms with Gasteiger partial charge in [-0.2, -0.15) is 0 Å². The Kier molecular flexibility index (Phi) is 2.83. The van der Waals surface area contributed by atoms with E-state index in [4.69, 9.17) is 4.74 Å². The quantitative estimate of drug-likeness (QED) is 0.860. The molecule has 0 amide bonds. The van der Waals surface area contributed by atoms with Crippen LogP contribution in [0.15, 0.2) is 18.2 Å². The Hall–Kier alpha value is -1.02. The van der Waals surface area contributed by atoms with E-state index in [1.54, 1.807) is 0 Å². The van der Waals surface area contributed by atoms with E-state index in [9.17, 15) is 0 Å². The van der Waals surface area contributed by atoms with Gasteiger partial charge in [0.1, 0.15) is 11.9 Å². The van der Waals surface area contributed by atoms with E-state index in [-0.39, 0.29) is 0 Å². The van der Waals surface area contributed by atoms with Crippen molar-refractivity contribution in [2.75, 3.05) is 6.54 Å². The molecule has 2 heteroatoms. The van der Waals surface area contributed by atoms with E-state index < -0.39 is 0 Å². The summed E-state index contributed by atoms with van der Waals surface area (Å²) in [7, 11) is 0. The summed E-state index contributed by atoms with van der Waals surface area (Å²) in [5, 5.41) is 3.62. The molecule has 0 bridgehead atoms. The van der Waals surface area contributed by atoms with Crippen LogP contribution >= 0.6 is 0 Å². The standard InChI is InChI=1S/C15H21NO/c1-3-16-15(11-4-5-11)12-6-7-14-13(9-12)8-10(2)17-14/h6-7,9-11,15-16H,3-5,8H2,1-2H3. The predicted molar refractivity (Wildman–Crippen MR) is 69.4 cm³/mol. The zero-order valence-corrected chi connectivity index (χ0v) is 10.7. The average Bonchev–Trinajstić information content (AvgIpc) is 3.07. The van der Waals surface area contributed by atoms with Crippen molar-refractivity contribution >= 4 is 0 Å². The fourth-order valence-electron chi connectivity index (χ4n) is 2.84. The Balaban J connectivity index is 1.85. The van der Waals surface area contributed by atoms with Crippen molar-refractivity contribution in [3.05, 3.63) is 29.3 Å². The van der Waals surface area contributed by atoms with Crippen molar-refractivity contribution < 1.29 is 4.74 Å². The molecule has 1 saturated carbocycles. The number of hydrogen-bond acceptors (Lipinski definition) is 2. The molecule has 17 heavy (non-hydrogen) atoms. The maximum absolute atomic E-state index is 5.76. The number of hydrogen-bond donors (Lipinski definition) is 1. The number of rotatable bonds is 4. The molecule has 2 nitrogen and oxygen atoms in total. The lowest BCUT2D eigenvalue weighted by molar-refractivity contribution is 0.254. The normalized spacial score (nSPS) is 24.2. The van der Waals surface area contributed by atoms with Crippen molar-refractivity contribution in [3.8, 4) is 5.75 Å². The molecule has 0 spiro atoms. The molecule has 1 aliphatic heterocycles. The second-order valence-corrected chi connectivity index (χ2v) is 5.37. The average molecular weight is 231 g/mol. The van der Waals surface area contributed by atoms with Gasteiger partial charge in [-0.15, -0.1) is 0 Å². The van der Waals surface area contributed by atoms with Gasteiger partial charge in [0.15, 0.2) is 0 Å². The summed E-state index contributed by atoms with van der Waals surface area (Å²) in [6.45, 7) is 5.38. The Morgan fingerprint density at radius 3 is 2.94 bits per heavy atom. The van der Waals surface area contributed by atoms with Crippen molar-refractivity contribution in [2.45, 2.75) is 45.3 Å². The number of benzene rings is 1. The third-order valence-electron chi connectivity index (χ3n) is 3.80. The molecule has 1 heterocycles. The second-order valence-electron chi connectivity index (χ2n) is 5.37. The fraction of sp³-hybridized carbons (Fsp3) is 0.600. The Labute approximate surface area is 103 Å². The van der Waals surface area contributed by atoms with Gasteiger partial charge in [-0.05, 0) is 49.4 Å². The first-order chi connectivity index (χ1) is 8.28. The van der Waals surface area contributed by atoms with Crippen LogP contribution in [0.5, 0.6) is 5.75 Å². The van der Waals surface area contributed by atoms with Crippen molar-refractivity contribution in [1.82, 2.24) is 5.32 Å². The van der Waals surface area contributed by atoms with Gasteiger partial charge in [0.25, 0.3) is 0 Å². The van der Waals surface area contributed by atoms with Crippen LogP contribution in [-0.2, 0) is 6.42 Å². The fourth-order valence-corrected chi connectivity index (χ4v) is 2.84. The summed E-state index contributed by atoms with van der Waals surface area (Å²) >= 11 is 0. The molecule has 0 aromatic heterocycles. The lowest BCUT2D eigenvalue weighted by atomic mass is 9.98. The minimum absolute atomic E-state index is 0.346. The highest BCUT2D eigenvalue weighted by Crippen LogP contribution is 2.42. The van der Waals surface area contributed by atoms with Crippen LogP contribution < -0.4 is 10.1 Å². The third-order valence-corrected chi connectivity index (χ3v) is 3.80. The van der Waals surface area contributed by atoms with Crippen LogP contribution in [-0.4, -0.2) is 12.6 Å². The summed E-state index contributed by atoms with van der Waals surface area (Å²) in [6, 6.07) is 7.30.